The number of benzene rings is 1. The van der Waals surface area contributed by atoms with Crippen LogP contribution in [0.2, 0.25) is 5.02 Å². The molecule has 2 aromatic rings. The highest BCUT2D eigenvalue weighted by Crippen LogP contribution is 2.26. The lowest BCUT2D eigenvalue weighted by atomic mass is 10.1. The van der Waals surface area contributed by atoms with Crippen molar-refractivity contribution in [2.75, 3.05) is 5.32 Å². The Kier molecular flexibility index (Phi) is 6.14. The fraction of sp³-hybridized carbons (Fsp3) is 0.400. The van der Waals surface area contributed by atoms with Crippen molar-refractivity contribution in [1.29, 1.82) is 0 Å². The third-order valence-electron chi connectivity index (χ3n) is 4.96. The molecule has 2 N–H and O–H groups in total. The maximum atomic E-state index is 12.4. The molecule has 1 aliphatic rings. The van der Waals surface area contributed by atoms with Gasteiger partial charge in [0.25, 0.3) is 5.91 Å². The molecular weight excluding hydrogens is 378 g/mol. The molecule has 1 aliphatic carbocycles. The quantitative estimate of drug-likeness (QED) is 0.591. The molecule has 2 amide bonds. The zero-order valence-corrected chi connectivity index (χ0v) is 17.0. The van der Waals surface area contributed by atoms with Gasteiger partial charge in [0.15, 0.2) is 0 Å². The van der Waals surface area contributed by atoms with Crippen LogP contribution in [0, 0.1) is 12.8 Å². The molecule has 0 saturated heterocycles. The maximum Gasteiger partial charge on any atom is 0.291 e. The second-order valence-corrected chi connectivity index (χ2v) is 7.44. The number of rotatable bonds is 5. The van der Waals surface area contributed by atoms with E-state index in [4.69, 9.17) is 11.6 Å². The van der Waals surface area contributed by atoms with E-state index in [2.05, 4.69) is 20.9 Å². The number of carbonyl (C=O) groups excluding carboxylic acids is 2. The van der Waals surface area contributed by atoms with Crippen molar-refractivity contribution in [2.45, 2.75) is 39.5 Å². The molecule has 0 unspecified atom stereocenters. The summed E-state index contributed by atoms with van der Waals surface area (Å²) in [5, 5.41) is 11.6. The minimum Gasteiger partial charge on any atom is -0.326 e. The monoisotopic (exact) mass is 401 g/mol. The Hall–Kier alpha value is -2.67. The van der Waals surface area contributed by atoms with E-state index >= 15 is 0 Å². The lowest BCUT2D eigenvalue weighted by Crippen LogP contribution is -2.22. The first-order chi connectivity index (χ1) is 13.4. The summed E-state index contributed by atoms with van der Waals surface area (Å²) >= 11 is 6.13. The Morgan fingerprint density at radius 2 is 2.00 bits per heavy atom. The second-order valence-electron chi connectivity index (χ2n) is 7.06. The fourth-order valence-electron chi connectivity index (χ4n) is 3.39. The van der Waals surface area contributed by atoms with Crippen molar-refractivity contribution in [1.82, 2.24) is 15.2 Å². The Labute approximate surface area is 169 Å². The zero-order chi connectivity index (χ0) is 20.3. The fourth-order valence-corrected chi connectivity index (χ4v) is 3.63. The number of nitrogens with zero attached hydrogens (tertiary/aromatic N) is 3. The van der Waals surface area contributed by atoms with Crippen LogP contribution in [-0.2, 0) is 11.8 Å². The third kappa shape index (κ3) is 4.42. The SMILES string of the molecule is C/C(=N\NC(=O)c1c(Cl)c(C)nn1C)c1cccc(NC(=O)C2CCCC2)c1. The van der Waals surface area contributed by atoms with E-state index in [-0.39, 0.29) is 17.5 Å². The molecule has 1 fully saturated rings. The maximum absolute atomic E-state index is 12.4. The number of hydrazone groups is 1. The van der Waals surface area contributed by atoms with Gasteiger partial charge >= 0.3 is 0 Å². The van der Waals surface area contributed by atoms with Gasteiger partial charge in [-0.15, -0.1) is 0 Å². The summed E-state index contributed by atoms with van der Waals surface area (Å²) in [7, 11) is 1.65. The minimum absolute atomic E-state index is 0.0683. The van der Waals surface area contributed by atoms with E-state index in [0.29, 0.717) is 16.4 Å². The lowest BCUT2D eigenvalue weighted by molar-refractivity contribution is -0.119. The molecule has 0 atom stereocenters. The Morgan fingerprint density at radius 1 is 1.29 bits per heavy atom. The number of halogens is 1. The summed E-state index contributed by atoms with van der Waals surface area (Å²) < 4.78 is 1.43. The number of anilines is 1. The van der Waals surface area contributed by atoms with Crippen LogP contribution in [0.1, 0.15) is 54.4 Å². The van der Waals surface area contributed by atoms with Gasteiger partial charge in [-0.3, -0.25) is 14.3 Å². The number of hydrogen-bond donors (Lipinski definition) is 2. The van der Waals surface area contributed by atoms with Gasteiger partial charge in [0.05, 0.1) is 16.4 Å². The molecule has 1 heterocycles. The smallest absolute Gasteiger partial charge is 0.291 e. The van der Waals surface area contributed by atoms with Crippen LogP contribution < -0.4 is 10.7 Å². The van der Waals surface area contributed by atoms with Crippen LogP contribution in [0.3, 0.4) is 0 Å². The highest BCUT2D eigenvalue weighted by molar-refractivity contribution is 6.34. The Bertz CT molecular complexity index is 929. The molecule has 0 bridgehead atoms. The largest absolute Gasteiger partial charge is 0.326 e. The van der Waals surface area contributed by atoms with E-state index in [0.717, 1.165) is 36.9 Å². The second kappa shape index (κ2) is 8.56. The molecule has 1 saturated carbocycles. The van der Waals surface area contributed by atoms with Gasteiger partial charge in [0, 0.05) is 18.7 Å². The van der Waals surface area contributed by atoms with Gasteiger partial charge in [-0.2, -0.15) is 10.2 Å². The summed E-state index contributed by atoms with van der Waals surface area (Å²) in [6, 6.07) is 7.42. The van der Waals surface area contributed by atoms with Gasteiger partial charge < -0.3 is 5.32 Å². The van der Waals surface area contributed by atoms with Crippen LogP contribution in [-0.4, -0.2) is 27.3 Å². The number of carbonyl (C=O) groups is 2. The predicted octanol–water partition coefficient (Wildman–Crippen LogP) is 3.66. The molecule has 0 spiro atoms. The topological polar surface area (TPSA) is 88.4 Å². The molecule has 1 aromatic heterocycles. The van der Waals surface area contributed by atoms with Crippen molar-refractivity contribution in [3.8, 4) is 0 Å². The van der Waals surface area contributed by atoms with Crippen molar-refractivity contribution in [3.63, 3.8) is 0 Å². The number of hydrogen-bond acceptors (Lipinski definition) is 4. The van der Waals surface area contributed by atoms with Gasteiger partial charge in [0.1, 0.15) is 5.69 Å². The van der Waals surface area contributed by atoms with Crippen LogP contribution in [0.15, 0.2) is 29.4 Å². The summed E-state index contributed by atoms with van der Waals surface area (Å²) in [4.78, 5) is 24.7. The molecular formula is C20H24ClN5O2. The first-order valence-corrected chi connectivity index (χ1v) is 9.69. The molecule has 0 aliphatic heterocycles. The van der Waals surface area contributed by atoms with E-state index in [1.165, 1.54) is 4.68 Å². The Balaban J connectivity index is 1.68. The molecule has 28 heavy (non-hydrogen) atoms. The molecule has 1 aromatic carbocycles. The van der Waals surface area contributed by atoms with Gasteiger partial charge in [-0.1, -0.05) is 36.6 Å². The normalized spacial score (nSPS) is 14.9. The number of amides is 2. The summed E-state index contributed by atoms with van der Waals surface area (Å²) in [6.07, 6.45) is 4.13. The first kappa shape index (κ1) is 20.1. The molecule has 8 heteroatoms. The average Bonchev–Trinajstić information content (AvgIpc) is 3.28. The molecule has 7 nitrogen and oxygen atoms in total. The van der Waals surface area contributed by atoms with Crippen LogP contribution in [0.4, 0.5) is 5.69 Å². The molecule has 3 rings (SSSR count). The summed E-state index contributed by atoms with van der Waals surface area (Å²) in [5.41, 5.74) is 5.49. The number of aryl methyl sites for hydroxylation is 2. The minimum atomic E-state index is -0.432. The first-order valence-electron chi connectivity index (χ1n) is 9.32. The average molecular weight is 402 g/mol. The molecule has 0 radical (unpaired) electrons. The van der Waals surface area contributed by atoms with Gasteiger partial charge in [-0.25, -0.2) is 5.43 Å². The van der Waals surface area contributed by atoms with Crippen LogP contribution >= 0.6 is 11.6 Å². The number of aromatic nitrogens is 2. The van der Waals surface area contributed by atoms with Crippen molar-refractivity contribution < 1.29 is 9.59 Å². The summed E-state index contributed by atoms with van der Waals surface area (Å²) in [5.74, 6) is -0.262. The standard InChI is InChI=1S/C20H24ClN5O2/c1-12(23-24-20(28)18-17(21)13(2)25-26(18)3)15-9-6-10-16(11-15)22-19(27)14-7-4-5-8-14/h6,9-11,14H,4-5,7-8H2,1-3H3,(H,22,27)(H,24,28)/b23-12+. The van der Waals surface area contributed by atoms with Crippen LogP contribution in [0.25, 0.3) is 0 Å². The van der Waals surface area contributed by atoms with Gasteiger partial charge in [0.2, 0.25) is 5.91 Å². The predicted molar refractivity (Wildman–Crippen MR) is 110 cm³/mol. The third-order valence-corrected chi connectivity index (χ3v) is 5.42. The lowest BCUT2D eigenvalue weighted by Gasteiger charge is -2.11. The highest BCUT2D eigenvalue weighted by Gasteiger charge is 2.22. The van der Waals surface area contributed by atoms with Crippen LogP contribution in [0.5, 0.6) is 0 Å². The molecule has 148 valence electrons. The van der Waals surface area contributed by atoms with E-state index in [9.17, 15) is 9.59 Å². The number of nitrogens with one attached hydrogen (secondary N) is 2. The Morgan fingerprint density at radius 3 is 2.64 bits per heavy atom. The van der Waals surface area contributed by atoms with Crippen molar-refractivity contribution in [3.05, 3.63) is 46.2 Å². The van der Waals surface area contributed by atoms with Crippen molar-refractivity contribution >= 4 is 34.8 Å². The van der Waals surface area contributed by atoms with Crippen molar-refractivity contribution in [2.24, 2.45) is 18.1 Å². The van der Waals surface area contributed by atoms with E-state index in [1.54, 1.807) is 20.9 Å². The zero-order valence-electron chi connectivity index (χ0n) is 16.3. The summed E-state index contributed by atoms with van der Waals surface area (Å²) in [6.45, 7) is 3.52. The van der Waals surface area contributed by atoms with E-state index < -0.39 is 5.91 Å². The van der Waals surface area contributed by atoms with Gasteiger partial charge in [-0.05, 0) is 44.4 Å². The highest BCUT2D eigenvalue weighted by atomic mass is 35.5. The van der Waals surface area contributed by atoms with E-state index in [1.807, 2.05) is 24.3 Å².